The van der Waals surface area contributed by atoms with Crippen LogP contribution in [0.2, 0.25) is 5.02 Å². The Morgan fingerprint density at radius 2 is 1.85 bits per heavy atom. The lowest BCUT2D eigenvalue weighted by Gasteiger charge is -2.11. The van der Waals surface area contributed by atoms with Crippen LogP contribution >= 0.6 is 22.9 Å². The van der Waals surface area contributed by atoms with Crippen LogP contribution in [0.25, 0.3) is 33.3 Å². The van der Waals surface area contributed by atoms with Crippen molar-refractivity contribution in [2.75, 3.05) is 18.5 Å². The second-order valence-electron chi connectivity index (χ2n) is 7.31. The summed E-state index contributed by atoms with van der Waals surface area (Å²) in [5.41, 5.74) is 2.83. The second kappa shape index (κ2) is 11.2. The molecule has 0 radical (unpaired) electrons. The molecule has 7 nitrogen and oxygen atoms in total. The molecule has 0 saturated heterocycles. The fraction of sp³-hybridized carbons (Fsp3) is 0.292. The zero-order valence-corrected chi connectivity index (χ0v) is 20.2. The van der Waals surface area contributed by atoms with E-state index >= 15 is 0 Å². The lowest BCUT2D eigenvalue weighted by Crippen LogP contribution is -1.99. The zero-order chi connectivity index (χ0) is 23.0. The van der Waals surface area contributed by atoms with Gasteiger partial charge in [-0.1, -0.05) is 42.7 Å². The Kier molecular flexibility index (Phi) is 7.80. The number of ether oxygens (including phenoxy) is 1. The minimum atomic E-state index is 0.477. The fourth-order valence-electron chi connectivity index (χ4n) is 3.20. The molecule has 0 amide bonds. The standard InChI is InChI=1S/C24H25ClN6OS/c1-3-5-6-11-32-16-7-8-17(18(25)12-16)19-13-20(22-15-29-24(33-22)27-4-2)31-23(30-19)21-14-26-9-10-28-21/h7-10,12-15H,3-6,11H2,1-2H3,(H,27,29). The smallest absolute Gasteiger partial charge is 0.183 e. The molecule has 3 aromatic heterocycles. The number of aromatic nitrogens is 5. The van der Waals surface area contributed by atoms with E-state index in [1.807, 2.05) is 37.4 Å². The Hall–Kier alpha value is -3.10. The summed E-state index contributed by atoms with van der Waals surface area (Å²) in [5, 5.41) is 4.65. The van der Waals surface area contributed by atoms with E-state index in [-0.39, 0.29) is 0 Å². The van der Waals surface area contributed by atoms with Gasteiger partial charge in [0.15, 0.2) is 11.0 Å². The highest BCUT2D eigenvalue weighted by molar-refractivity contribution is 7.18. The number of nitrogens with one attached hydrogen (secondary N) is 1. The van der Waals surface area contributed by atoms with Gasteiger partial charge >= 0.3 is 0 Å². The van der Waals surface area contributed by atoms with Gasteiger partial charge in [0.05, 0.1) is 34.1 Å². The van der Waals surface area contributed by atoms with E-state index < -0.39 is 0 Å². The average Bonchev–Trinajstić information content (AvgIpc) is 3.31. The van der Waals surface area contributed by atoms with Gasteiger partial charge in [-0.2, -0.15) is 0 Å². The first-order valence-corrected chi connectivity index (χ1v) is 12.2. The average molecular weight is 481 g/mol. The third-order valence-corrected chi connectivity index (χ3v) is 6.13. The summed E-state index contributed by atoms with van der Waals surface area (Å²) in [6, 6.07) is 7.61. The zero-order valence-electron chi connectivity index (χ0n) is 18.6. The molecule has 3 heterocycles. The van der Waals surface area contributed by atoms with Gasteiger partial charge in [-0.15, -0.1) is 0 Å². The van der Waals surface area contributed by atoms with Crippen molar-refractivity contribution in [3.8, 4) is 39.1 Å². The van der Waals surface area contributed by atoms with Gasteiger partial charge in [0.2, 0.25) is 0 Å². The molecule has 1 N–H and O–H groups in total. The molecule has 0 spiro atoms. The molecular formula is C24H25ClN6OS. The topological polar surface area (TPSA) is 85.7 Å². The largest absolute Gasteiger partial charge is 0.494 e. The van der Waals surface area contributed by atoms with E-state index in [1.165, 1.54) is 11.3 Å². The third-order valence-electron chi connectivity index (χ3n) is 4.84. The molecule has 4 aromatic rings. The first-order valence-electron chi connectivity index (χ1n) is 11.0. The molecule has 33 heavy (non-hydrogen) atoms. The third kappa shape index (κ3) is 5.83. The van der Waals surface area contributed by atoms with Crippen LogP contribution in [0, 0.1) is 0 Å². The quantitative estimate of drug-likeness (QED) is 0.263. The van der Waals surface area contributed by atoms with Crippen molar-refractivity contribution in [3.05, 3.63) is 54.1 Å². The van der Waals surface area contributed by atoms with Crippen LogP contribution in [0.15, 0.2) is 49.1 Å². The Bertz CT molecular complexity index is 1200. The predicted molar refractivity (Wildman–Crippen MR) is 134 cm³/mol. The predicted octanol–water partition coefficient (Wildman–Crippen LogP) is 6.38. The summed E-state index contributed by atoms with van der Waals surface area (Å²) >= 11 is 8.19. The molecule has 0 aliphatic carbocycles. The highest BCUT2D eigenvalue weighted by atomic mass is 35.5. The summed E-state index contributed by atoms with van der Waals surface area (Å²) in [5.74, 6) is 1.23. The van der Waals surface area contributed by atoms with Gasteiger partial charge in [-0.25, -0.2) is 19.9 Å². The fourth-order valence-corrected chi connectivity index (χ4v) is 4.31. The number of rotatable bonds is 10. The molecule has 4 rings (SSSR count). The summed E-state index contributed by atoms with van der Waals surface area (Å²) in [6.45, 7) is 5.69. The van der Waals surface area contributed by atoms with Crippen LogP contribution in [-0.4, -0.2) is 38.1 Å². The Morgan fingerprint density at radius 1 is 0.970 bits per heavy atom. The summed E-state index contributed by atoms with van der Waals surface area (Å²) in [6.07, 6.45) is 10.0. The van der Waals surface area contributed by atoms with Crippen molar-refractivity contribution in [2.45, 2.75) is 33.1 Å². The van der Waals surface area contributed by atoms with Crippen LogP contribution in [-0.2, 0) is 0 Å². The van der Waals surface area contributed by atoms with E-state index in [2.05, 4.69) is 27.2 Å². The maximum atomic E-state index is 6.66. The van der Waals surface area contributed by atoms with Crippen molar-refractivity contribution in [2.24, 2.45) is 0 Å². The first kappa shape index (κ1) is 23.1. The highest BCUT2D eigenvalue weighted by Crippen LogP contribution is 2.35. The van der Waals surface area contributed by atoms with Crippen LogP contribution in [0.5, 0.6) is 5.75 Å². The number of halogens is 1. The number of unbranched alkanes of at least 4 members (excludes halogenated alkanes) is 2. The van der Waals surface area contributed by atoms with E-state index in [1.54, 1.807) is 18.6 Å². The van der Waals surface area contributed by atoms with Gasteiger partial charge in [0.1, 0.15) is 11.4 Å². The molecule has 0 atom stereocenters. The number of thiazole rings is 1. The van der Waals surface area contributed by atoms with Crippen molar-refractivity contribution in [1.82, 2.24) is 24.9 Å². The molecule has 0 unspecified atom stereocenters. The number of hydrogen-bond donors (Lipinski definition) is 1. The number of benzene rings is 1. The molecule has 170 valence electrons. The van der Waals surface area contributed by atoms with E-state index in [4.69, 9.17) is 26.3 Å². The second-order valence-corrected chi connectivity index (χ2v) is 8.75. The van der Waals surface area contributed by atoms with Crippen molar-refractivity contribution in [3.63, 3.8) is 0 Å². The summed E-state index contributed by atoms with van der Waals surface area (Å²) in [4.78, 5) is 23.4. The molecule has 0 saturated carbocycles. The Balaban J connectivity index is 1.71. The van der Waals surface area contributed by atoms with Crippen molar-refractivity contribution < 1.29 is 4.74 Å². The molecule has 0 aliphatic rings. The highest BCUT2D eigenvalue weighted by Gasteiger charge is 2.15. The summed E-state index contributed by atoms with van der Waals surface area (Å²) in [7, 11) is 0. The molecule has 0 aliphatic heterocycles. The Labute approximate surface area is 202 Å². The minimum absolute atomic E-state index is 0.477. The van der Waals surface area contributed by atoms with Gasteiger partial charge in [0, 0.05) is 30.7 Å². The number of anilines is 1. The minimum Gasteiger partial charge on any atom is -0.494 e. The molecule has 9 heteroatoms. The normalized spacial score (nSPS) is 10.9. The molecule has 1 aromatic carbocycles. The lowest BCUT2D eigenvalue weighted by molar-refractivity contribution is 0.306. The van der Waals surface area contributed by atoms with E-state index in [9.17, 15) is 0 Å². The van der Waals surface area contributed by atoms with Crippen LogP contribution in [0.3, 0.4) is 0 Å². The van der Waals surface area contributed by atoms with E-state index in [0.29, 0.717) is 28.8 Å². The van der Waals surface area contributed by atoms with Crippen LogP contribution in [0.1, 0.15) is 33.1 Å². The van der Waals surface area contributed by atoms with Gasteiger partial charge in [-0.3, -0.25) is 4.98 Å². The van der Waals surface area contributed by atoms with Crippen molar-refractivity contribution >= 4 is 28.1 Å². The van der Waals surface area contributed by atoms with Gasteiger partial charge < -0.3 is 10.1 Å². The monoisotopic (exact) mass is 480 g/mol. The maximum absolute atomic E-state index is 6.66. The lowest BCUT2D eigenvalue weighted by atomic mass is 10.1. The number of hydrogen-bond acceptors (Lipinski definition) is 8. The number of nitrogens with zero attached hydrogens (tertiary/aromatic N) is 5. The molecule has 0 bridgehead atoms. The van der Waals surface area contributed by atoms with Crippen LogP contribution in [0.4, 0.5) is 5.13 Å². The first-order chi connectivity index (χ1) is 16.2. The maximum Gasteiger partial charge on any atom is 0.183 e. The van der Waals surface area contributed by atoms with Crippen LogP contribution < -0.4 is 10.1 Å². The van der Waals surface area contributed by atoms with Gasteiger partial charge in [-0.05, 0) is 37.6 Å². The van der Waals surface area contributed by atoms with E-state index in [0.717, 1.165) is 52.8 Å². The molecular weight excluding hydrogens is 456 g/mol. The van der Waals surface area contributed by atoms with Gasteiger partial charge in [0.25, 0.3) is 0 Å². The Morgan fingerprint density at radius 3 is 2.61 bits per heavy atom. The molecule has 0 fully saturated rings. The summed E-state index contributed by atoms with van der Waals surface area (Å²) < 4.78 is 5.84. The SMILES string of the molecule is CCCCCOc1ccc(-c2cc(-c3cnc(NCC)s3)nc(-c3cnccn3)n2)c(Cl)c1. The van der Waals surface area contributed by atoms with Crippen molar-refractivity contribution in [1.29, 1.82) is 0 Å².